The van der Waals surface area contributed by atoms with Gasteiger partial charge >= 0.3 is 0 Å². The van der Waals surface area contributed by atoms with E-state index in [0.29, 0.717) is 11.6 Å². The van der Waals surface area contributed by atoms with Gasteiger partial charge in [0.05, 0.1) is 12.2 Å². The molecule has 1 amide bonds. The quantitative estimate of drug-likeness (QED) is 0.723. The zero-order valence-corrected chi connectivity index (χ0v) is 14.2. The highest BCUT2D eigenvalue weighted by Gasteiger charge is 2.32. The summed E-state index contributed by atoms with van der Waals surface area (Å²) < 4.78 is 1.88. The van der Waals surface area contributed by atoms with Crippen molar-refractivity contribution < 1.29 is 4.79 Å². The molecule has 1 atom stereocenters. The topological polar surface area (TPSA) is 50.5 Å². The fraction of sp³-hybridized carbons (Fsp3) is 0.350. The number of hydrogen-bond donors (Lipinski definition) is 0. The third-order valence-electron chi connectivity index (χ3n) is 5.46. The van der Waals surface area contributed by atoms with Gasteiger partial charge in [-0.25, -0.2) is 9.50 Å². The molecule has 0 unspecified atom stereocenters. The number of rotatable bonds is 2. The highest BCUT2D eigenvalue weighted by Crippen LogP contribution is 2.40. The predicted octanol–water partition coefficient (Wildman–Crippen LogP) is 3.37. The van der Waals surface area contributed by atoms with Crippen LogP contribution < -0.4 is 0 Å². The SMILES string of the molecule is C[C@@H]1c2ccccc2CCN1C(=O)c1cc(C2CC2)n2nccc2n1. The molecule has 126 valence electrons. The van der Waals surface area contributed by atoms with Crippen LogP contribution in [0.1, 0.15) is 59.0 Å². The highest BCUT2D eigenvalue weighted by atomic mass is 16.2. The minimum atomic E-state index is 0.0209. The highest BCUT2D eigenvalue weighted by molar-refractivity contribution is 5.93. The molecule has 3 aromatic rings. The Kier molecular flexibility index (Phi) is 3.17. The van der Waals surface area contributed by atoms with E-state index in [9.17, 15) is 4.79 Å². The van der Waals surface area contributed by atoms with Gasteiger partial charge in [-0.3, -0.25) is 4.79 Å². The second kappa shape index (κ2) is 5.41. The predicted molar refractivity (Wildman–Crippen MR) is 94.6 cm³/mol. The smallest absolute Gasteiger partial charge is 0.273 e. The molecule has 0 radical (unpaired) electrons. The summed E-state index contributed by atoms with van der Waals surface area (Å²) >= 11 is 0. The van der Waals surface area contributed by atoms with Gasteiger partial charge in [0.15, 0.2) is 5.65 Å². The molecule has 1 aliphatic carbocycles. The standard InChI is InChI=1S/C20H20N4O/c1-13-16-5-3-2-4-14(16)9-11-23(13)20(25)17-12-18(15-6-7-15)24-19(22-17)8-10-21-24/h2-5,8,10,12-13,15H,6-7,9,11H2,1H3/t13-/m1/s1. The van der Waals surface area contributed by atoms with Crippen molar-refractivity contribution in [3.63, 3.8) is 0 Å². The van der Waals surface area contributed by atoms with Crippen LogP contribution in [-0.4, -0.2) is 31.9 Å². The molecular formula is C20H20N4O. The number of nitrogens with zero attached hydrogens (tertiary/aromatic N) is 4. The molecule has 2 aromatic heterocycles. The summed E-state index contributed by atoms with van der Waals surface area (Å²) in [4.78, 5) is 19.7. The number of hydrogen-bond acceptors (Lipinski definition) is 3. The van der Waals surface area contributed by atoms with Crippen LogP contribution in [0.3, 0.4) is 0 Å². The molecule has 1 saturated carbocycles. The molecule has 3 heterocycles. The van der Waals surface area contributed by atoms with Gasteiger partial charge < -0.3 is 4.90 Å². The average molecular weight is 332 g/mol. The first-order valence-corrected chi connectivity index (χ1v) is 8.96. The van der Waals surface area contributed by atoms with E-state index in [-0.39, 0.29) is 11.9 Å². The van der Waals surface area contributed by atoms with Crippen molar-refractivity contribution in [3.8, 4) is 0 Å². The van der Waals surface area contributed by atoms with E-state index in [2.05, 4.69) is 35.2 Å². The Hall–Kier alpha value is -2.69. The Morgan fingerprint density at radius 2 is 2.04 bits per heavy atom. The molecule has 5 nitrogen and oxygen atoms in total. The fourth-order valence-electron chi connectivity index (χ4n) is 3.91. The summed E-state index contributed by atoms with van der Waals surface area (Å²) in [6.45, 7) is 2.84. The summed E-state index contributed by atoms with van der Waals surface area (Å²) in [6, 6.07) is 12.3. The van der Waals surface area contributed by atoms with Crippen molar-refractivity contribution >= 4 is 11.6 Å². The fourth-order valence-corrected chi connectivity index (χ4v) is 3.91. The van der Waals surface area contributed by atoms with Crippen molar-refractivity contribution in [2.24, 2.45) is 0 Å². The van der Waals surface area contributed by atoms with E-state index in [1.54, 1.807) is 6.20 Å². The summed E-state index contributed by atoms with van der Waals surface area (Å²) in [5, 5.41) is 4.37. The van der Waals surface area contributed by atoms with E-state index in [1.807, 2.05) is 27.6 Å². The molecule has 5 heteroatoms. The largest absolute Gasteiger partial charge is 0.330 e. The second-order valence-electron chi connectivity index (χ2n) is 7.07. The van der Waals surface area contributed by atoms with Crippen LogP contribution in [0.25, 0.3) is 5.65 Å². The zero-order chi connectivity index (χ0) is 17.0. The molecule has 0 bridgehead atoms. The number of aromatic nitrogens is 3. The number of benzene rings is 1. The number of fused-ring (bicyclic) bond motifs is 2. The van der Waals surface area contributed by atoms with E-state index >= 15 is 0 Å². The lowest BCUT2D eigenvalue weighted by Gasteiger charge is -2.35. The third-order valence-corrected chi connectivity index (χ3v) is 5.46. The zero-order valence-electron chi connectivity index (χ0n) is 14.2. The summed E-state index contributed by atoms with van der Waals surface area (Å²) in [5.74, 6) is 0.532. The Balaban J connectivity index is 1.53. The van der Waals surface area contributed by atoms with Crippen LogP contribution in [0, 0.1) is 0 Å². The van der Waals surface area contributed by atoms with E-state index in [4.69, 9.17) is 0 Å². The van der Waals surface area contributed by atoms with Crippen LogP contribution in [0.5, 0.6) is 0 Å². The van der Waals surface area contributed by atoms with Gasteiger partial charge in [-0.1, -0.05) is 24.3 Å². The summed E-state index contributed by atoms with van der Waals surface area (Å²) in [5.41, 5.74) is 5.01. The van der Waals surface area contributed by atoms with Gasteiger partial charge in [0.1, 0.15) is 5.69 Å². The molecule has 25 heavy (non-hydrogen) atoms. The van der Waals surface area contributed by atoms with Gasteiger partial charge in [-0.2, -0.15) is 5.10 Å². The van der Waals surface area contributed by atoms with Gasteiger partial charge in [0.2, 0.25) is 0 Å². The van der Waals surface area contributed by atoms with E-state index in [0.717, 1.165) is 24.3 Å². The minimum Gasteiger partial charge on any atom is -0.330 e. The molecule has 1 fully saturated rings. The number of carbonyl (C=O) groups is 1. The van der Waals surface area contributed by atoms with Crippen molar-refractivity contribution in [3.05, 3.63) is 65.1 Å². The van der Waals surface area contributed by atoms with Crippen molar-refractivity contribution in [2.75, 3.05) is 6.54 Å². The number of amides is 1. The lowest BCUT2D eigenvalue weighted by molar-refractivity contribution is 0.0671. The van der Waals surface area contributed by atoms with Crippen molar-refractivity contribution in [1.29, 1.82) is 0 Å². The Morgan fingerprint density at radius 1 is 1.20 bits per heavy atom. The van der Waals surface area contributed by atoms with Gasteiger partial charge in [0, 0.05) is 24.2 Å². The lowest BCUT2D eigenvalue weighted by Crippen LogP contribution is -2.39. The van der Waals surface area contributed by atoms with Gasteiger partial charge in [0.25, 0.3) is 5.91 Å². The maximum absolute atomic E-state index is 13.2. The molecule has 0 saturated heterocycles. The van der Waals surface area contributed by atoms with Crippen molar-refractivity contribution in [2.45, 2.75) is 38.1 Å². The van der Waals surface area contributed by atoms with Gasteiger partial charge in [-0.05, 0) is 43.4 Å². The van der Waals surface area contributed by atoms with Gasteiger partial charge in [-0.15, -0.1) is 0 Å². The van der Waals surface area contributed by atoms with Crippen LogP contribution in [0.4, 0.5) is 0 Å². The third kappa shape index (κ3) is 2.34. The normalized spacial score (nSPS) is 19.9. The molecule has 5 rings (SSSR count). The van der Waals surface area contributed by atoms with Crippen molar-refractivity contribution in [1.82, 2.24) is 19.5 Å². The second-order valence-corrected chi connectivity index (χ2v) is 7.07. The molecule has 1 aliphatic heterocycles. The Bertz CT molecular complexity index is 973. The average Bonchev–Trinajstić information content (AvgIpc) is 3.38. The van der Waals surface area contributed by atoms with E-state index < -0.39 is 0 Å². The van der Waals surface area contributed by atoms with E-state index in [1.165, 1.54) is 24.0 Å². The molecule has 1 aromatic carbocycles. The first kappa shape index (κ1) is 14.6. The van der Waals surface area contributed by atoms with Crippen LogP contribution >= 0.6 is 0 Å². The monoisotopic (exact) mass is 332 g/mol. The first-order chi connectivity index (χ1) is 12.2. The summed E-state index contributed by atoms with van der Waals surface area (Å²) in [6.07, 6.45) is 4.99. The maximum atomic E-state index is 13.2. The summed E-state index contributed by atoms with van der Waals surface area (Å²) in [7, 11) is 0. The molecule has 0 N–H and O–H groups in total. The lowest BCUT2D eigenvalue weighted by atomic mass is 9.93. The minimum absolute atomic E-state index is 0.0209. The number of carbonyl (C=O) groups excluding carboxylic acids is 1. The van der Waals surface area contributed by atoms with Crippen LogP contribution in [0.15, 0.2) is 42.6 Å². The maximum Gasteiger partial charge on any atom is 0.273 e. The van der Waals surface area contributed by atoms with Crippen LogP contribution in [-0.2, 0) is 6.42 Å². The molecule has 0 spiro atoms. The first-order valence-electron chi connectivity index (χ1n) is 8.96. The molecular weight excluding hydrogens is 312 g/mol. The Morgan fingerprint density at radius 3 is 2.88 bits per heavy atom. The molecule has 2 aliphatic rings. The Labute approximate surface area is 146 Å². The van der Waals surface area contributed by atoms with Crippen LogP contribution in [0.2, 0.25) is 0 Å².